The van der Waals surface area contributed by atoms with E-state index in [1.165, 1.54) is 24.3 Å². The first-order valence-electron chi connectivity index (χ1n) is 6.24. The summed E-state index contributed by atoms with van der Waals surface area (Å²) in [5, 5.41) is 0. The van der Waals surface area contributed by atoms with Gasteiger partial charge in [0.15, 0.2) is 0 Å². The number of benzene rings is 2. The van der Waals surface area contributed by atoms with Crippen LogP contribution in [0.25, 0.3) is 0 Å². The number of nitrogens with one attached hydrogen (secondary N) is 2. The van der Waals surface area contributed by atoms with E-state index in [9.17, 15) is 26.4 Å². The van der Waals surface area contributed by atoms with Gasteiger partial charge in [0, 0.05) is 12.1 Å². The normalized spacial score (nSPS) is 11.3. The van der Waals surface area contributed by atoms with Crippen LogP contribution in [0.3, 0.4) is 0 Å². The van der Waals surface area contributed by atoms with E-state index in [2.05, 4.69) is 0 Å². The summed E-state index contributed by atoms with van der Waals surface area (Å²) < 4.78 is 63.5. The number of halogens is 3. The lowest BCUT2D eigenvalue weighted by Crippen LogP contribution is -2.42. The maximum absolute atomic E-state index is 13.4. The lowest BCUT2D eigenvalue weighted by atomic mass is 10.2. The monoisotopic (exact) mass is 344 g/mol. The predicted octanol–water partition coefficient (Wildman–Crippen LogP) is 2.04. The summed E-state index contributed by atoms with van der Waals surface area (Å²) in [6, 6.07) is 6.29. The lowest BCUT2D eigenvalue weighted by molar-refractivity contribution is 0.0936. The molecule has 2 aromatic carbocycles. The highest BCUT2D eigenvalue weighted by molar-refractivity contribution is 7.89. The van der Waals surface area contributed by atoms with Crippen LogP contribution < -0.4 is 10.3 Å². The standard InChI is InChI=1S/C14H11F3N2O3S/c1-8-2-4-10(5-3-8)23(21,22)19-18-14(20)13-11(16)6-9(15)7-12(13)17/h2-7,19H,1H3,(H,18,20). The minimum Gasteiger partial charge on any atom is -0.273 e. The van der Waals surface area contributed by atoms with Crippen LogP contribution in [0.2, 0.25) is 0 Å². The van der Waals surface area contributed by atoms with Crippen LogP contribution in [0.1, 0.15) is 15.9 Å². The summed E-state index contributed by atoms with van der Waals surface area (Å²) >= 11 is 0. The van der Waals surface area contributed by atoms with Crippen molar-refractivity contribution < 1.29 is 26.4 Å². The highest BCUT2D eigenvalue weighted by Crippen LogP contribution is 2.15. The first-order valence-corrected chi connectivity index (χ1v) is 7.72. The van der Waals surface area contributed by atoms with Crippen molar-refractivity contribution in [3.63, 3.8) is 0 Å². The van der Waals surface area contributed by atoms with E-state index in [1.54, 1.807) is 17.2 Å². The van der Waals surface area contributed by atoms with Gasteiger partial charge in [0.1, 0.15) is 23.0 Å². The molecule has 0 bridgehead atoms. The number of rotatable bonds is 4. The molecule has 2 aromatic rings. The van der Waals surface area contributed by atoms with Crippen LogP contribution in [0.15, 0.2) is 41.3 Å². The first kappa shape index (κ1) is 17.0. The summed E-state index contributed by atoms with van der Waals surface area (Å²) in [5.74, 6) is -5.49. The fourth-order valence-corrected chi connectivity index (χ4v) is 2.55. The summed E-state index contributed by atoms with van der Waals surface area (Å²) in [7, 11) is -4.11. The van der Waals surface area contributed by atoms with E-state index < -0.39 is 38.9 Å². The zero-order valence-corrected chi connectivity index (χ0v) is 12.5. The molecule has 1 amide bonds. The number of aryl methyl sites for hydroxylation is 1. The van der Waals surface area contributed by atoms with E-state index in [-0.39, 0.29) is 4.90 Å². The SMILES string of the molecule is Cc1ccc(S(=O)(=O)NNC(=O)c2c(F)cc(F)cc2F)cc1. The predicted molar refractivity (Wildman–Crippen MR) is 75.3 cm³/mol. The summed E-state index contributed by atoms with van der Waals surface area (Å²) in [6.45, 7) is 1.76. The Morgan fingerprint density at radius 2 is 1.52 bits per heavy atom. The fourth-order valence-electron chi connectivity index (χ4n) is 1.71. The molecular weight excluding hydrogens is 333 g/mol. The van der Waals surface area contributed by atoms with Gasteiger partial charge in [-0.2, -0.15) is 0 Å². The third kappa shape index (κ3) is 3.88. The second-order valence-corrected chi connectivity index (χ2v) is 6.30. The van der Waals surface area contributed by atoms with Gasteiger partial charge in [-0.25, -0.2) is 21.6 Å². The van der Waals surface area contributed by atoms with E-state index in [4.69, 9.17) is 0 Å². The second-order valence-electron chi connectivity index (χ2n) is 4.62. The third-order valence-corrected chi connectivity index (χ3v) is 4.13. The lowest BCUT2D eigenvalue weighted by Gasteiger charge is -2.10. The van der Waals surface area contributed by atoms with Crippen LogP contribution in [0.4, 0.5) is 13.2 Å². The van der Waals surface area contributed by atoms with Gasteiger partial charge in [-0.05, 0) is 19.1 Å². The molecule has 2 N–H and O–H groups in total. The van der Waals surface area contributed by atoms with Crippen LogP contribution in [0, 0.1) is 24.4 Å². The average molecular weight is 344 g/mol. The number of carbonyl (C=O) groups is 1. The van der Waals surface area contributed by atoms with Gasteiger partial charge >= 0.3 is 0 Å². The molecule has 0 aliphatic heterocycles. The van der Waals surface area contributed by atoms with Crippen LogP contribution >= 0.6 is 0 Å². The molecule has 0 heterocycles. The van der Waals surface area contributed by atoms with Crippen LogP contribution in [-0.4, -0.2) is 14.3 Å². The summed E-state index contributed by atoms with van der Waals surface area (Å²) in [5.41, 5.74) is 1.40. The van der Waals surface area contributed by atoms with Gasteiger partial charge in [0.05, 0.1) is 4.90 Å². The molecule has 0 spiro atoms. The molecule has 5 nitrogen and oxygen atoms in total. The molecule has 0 aliphatic rings. The zero-order chi connectivity index (χ0) is 17.2. The van der Waals surface area contributed by atoms with Gasteiger partial charge < -0.3 is 0 Å². The Bertz CT molecular complexity index is 829. The molecule has 0 atom stereocenters. The molecule has 0 radical (unpaired) electrons. The molecule has 0 aliphatic carbocycles. The van der Waals surface area contributed by atoms with Gasteiger partial charge in [0.25, 0.3) is 15.9 Å². The Labute approximate surface area is 130 Å². The number of carbonyl (C=O) groups excluding carboxylic acids is 1. The van der Waals surface area contributed by atoms with Crippen molar-refractivity contribution in [3.8, 4) is 0 Å². The summed E-state index contributed by atoms with van der Waals surface area (Å²) in [4.78, 5) is 13.2. The van der Waals surface area contributed by atoms with Crippen LogP contribution in [-0.2, 0) is 10.0 Å². The molecule has 2 rings (SSSR count). The molecule has 0 unspecified atom stereocenters. The number of hydrogen-bond acceptors (Lipinski definition) is 3. The van der Waals surface area contributed by atoms with E-state index in [0.717, 1.165) is 5.56 Å². The van der Waals surface area contributed by atoms with Crippen molar-refractivity contribution in [2.45, 2.75) is 11.8 Å². The minimum atomic E-state index is -4.11. The molecule has 122 valence electrons. The average Bonchev–Trinajstić information content (AvgIpc) is 2.44. The van der Waals surface area contributed by atoms with Crippen LogP contribution in [0.5, 0.6) is 0 Å². The zero-order valence-electron chi connectivity index (χ0n) is 11.7. The summed E-state index contributed by atoms with van der Waals surface area (Å²) in [6.07, 6.45) is 0. The van der Waals surface area contributed by atoms with E-state index in [0.29, 0.717) is 12.1 Å². The highest BCUT2D eigenvalue weighted by Gasteiger charge is 2.21. The van der Waals surface area contributed by atoms with E-state index in [1.807, 2.05) is 0 Å². The number of hydrazine groups is 1. The number of sulfonamides is 1. The van der Waals surface area contributed by atoms with Crippen molar-refractivity contribution in [2.24, 2.45) is 0 Å². The van der Waals surface area contributed by atoms with Gasteiger partial charge in [-0.3, -0.25) is 10.2 Å². The van der Waals surface area contributed by atoms with Crippen molar-refractivity contribution in [2.75, 3.05) is 0 Å². The smallest absolute Gasteiger partial charge is 0.272 e. The van der Waals surface area contributed by atoms with Crippen molar-refractivity contribution in [3.05, 3.63) is 65.0 Å². The third-order valence-electron chi connectivity index (χ3n) is 2.86. The molecule has 0 saturated heterocycles. The quantitative estimate of drug-likeness (QED) is 0.834. The molecule has 0 aromatic heterocycles. The maximum atomic E-state index is 13.4. The second kappa shape index (κ2) is 6.39. The van der Waals surface area contributed by atoms with E-state index >= 15 is 0 Å². The van der Waals surface area contributed by atoms with Crippen molar-refractivity contribution >= 4 is 15.9 Å². The highest BCUT2D eigenvalue weighted by atomic mass is 32.2. The Morgan fingerprint density at radius 1 is 1.00 bits per heavy atom. The van der Waals surface area contributed by atoms with Gasteiger partial charge in [-0.1, -0.05) is 17.7 Å². The van der Waals surface area contributed by atoms with Gasteiger partial charge in [-0.15, -0.1) is 4.83 Å². The largest absolute Gasteiger partial charge is 0.273 e. The first-order chi connectivity index (χ1) is 10.7. The molecular formula is C14H11F3N2O3S. The number of hydrogen-bond donors (Lipinski definition) is 2. The Morgan fingerprint density at radius 3 is 2.04 bits per heavy atom. The molecule has 23 heavy (non-hydrogen) atoms. The number of amides is 1. The Hall–Kier alpha value is -2.39. The molecule has 9 heteroatoms. The minimum absolute atomic E-state index is 0.150. The fraction of sp³-hybridized carbons (Fsp3) is 0.0714. The molecule has 0 saturated carbocycles. The topological polar surface area (TPSA) is 75.3 Å². The van der Waals surface area contributed by atoms with Crippen molar-refractivity contribution in [1.29, 1.82) is 0 Å². The maximum Gasteiger partial charge on any atom is 0.272 e. The molecule has 0 fully saturated rings. The Balaban J connectivity index is 2.17. The Kier molecular flexibility index (Phi) is 4.71. The van der Waals surface area contributed by atoms with Crippen molar-refractivity contribution in [1.82, 2.24) is 10.3 Å². The van der Waals surface area contributed by atoms with Gasteiger partial charge in [0.2, 0.25) is 0 Å².